The van der Waals surface area contributed by atoms with Crippen LogP contribution >= 0.6 is 0 Å². The molecule has 0 atom stereocenters. The Balaban J connectivity index is 1.19. The van der Waals surface area contributed by atoms with Crippen molar-refractivity contribution in [2.75, 3.05) is 16.5 Å². The van der Waals surface area contributed by atoms with Gasteiger partial charge in [-0.25, -0.2) is 4.98 Å². The summed E-state index contributed by atoms with van der Waals surface area (Å²) in [7, 11) is 0. The molecule has 3 heterocycles. The monoisotopic (exact) mass is 927 g/mol. The quantitative estimate of drug-likeness (QED) is 0.137. The van der Waals surface area contributed by atoms with Gasteiger partial charge in [-0.15, -0.1) is 0 Å². The van der Waals surface area contributed by atoms with E-state index in [4.69, 9.17) is 9.72 Å². The van der Waals surface area contributed by atoms with Crippen LogP contribution in [0.3, 0.4) is 0 Å². The minimum Gasteiger partial charge on any atom is -0.457 e. The van der Waals surface area contributed by atoms with Crippen LogP contribution in [0, 0.1) is 0 Å². The topological polar surface area (TPSA) is 33.5 Å². The van der Waals surface area contributed by atoms with Gasteiger partial charge in [0.1, 0.15) is 17.3 Å². The van der Waals surface area contributed by atoms with E-state index in [2.05, 4.69) is 264 Å². The first-order chi connectivity index (χ1) is 33.0. The molecule has 1 aliphatic heterocycles. The third kappa shape index (κ3) is 9.28. The molecule has 0 aliphatic carbocycles. The molecule has 5 nitrogen and oxygen atoms in total. The highest BCUT2D eigenvalue weighted by Crippen LogP contribution is 2.45. The Morgan fingerprint density at radius 1 is 0.486 bits per heavy atom. The number of nitrogens with zero attached hydrogens (tertiary/aromatic N) is 4. The number of aromatic nitrogens is 2. The molecule has 1 aliphatic rings. The lowest BCUT2D eigenvalue weighted by Gasteiger charge is -2.31. The Labute approximate surface area is 418 Å². The fraction of sp³-hybridized carbons (Fsp3) is 0.338. The number of rotatable bonds is 10. The second-order valence-corrected chi connectivity index (χ2v) is 23.9. The number of fused-ring (bicyclic) bond motifs is 3. The molecule has 0 saturated carbocycles. The standard InChI is InChI=1S/C65H74N4O/c1-42(2)53-25-21-26-54(43(3)4)61(53)59-40-67(49-33-46(62(5,6)7)32-47(34-49)63(8,9)10)41-68(59)50-35-48(64(11,12)13)36-52(38-50)70-51-28-29-56-55-24-19-20-27-57(55)69(58(56)39-51)60-37-45(30-31-66-60)65(14,15)44-22-17-16-18-23-44/h16-40,42-43H,41H2,1-15H3. The van der Waals surface area contributed by atoms with E-state index >= 15 is 0 Å². The number of para-hydroxylation sites is 1. The predicted octanol–water partition coefficient (Wildman–Crippen LogP) is 17.7. The summed E-state index contributed by atoms with van der Waals surface area (Å²) < 4.78 is 9.43. The van der Waals surface area contributed by atoms with Gasteiger partial charge in [-0.1, -0.05) is 177 Å². The van der Waals surface area contributed by atoms with Gasteiger partial charge in [0.25, 0.3) is 0 Å². The van der Waals surface area contributed by atoms with E-state index in [1.807, 2.05) is 6.20 Å². The molecule has 5 heteroatoms. The summed E-state index contributed by atoms with van der Waals surface area (Å²) in [5.41, 5.74) is 15.7. The number of ether oxygens (including phenoxy) is 1. The molecule has 0 N–H and O–H groups in total. The van der Waals surface area contributed by atoms with Gasteiger partial charge in [-0.05, 0) is 122 Å². The van der Waals surface area contributed by atoms with Crippen molar-refractivity contribution in [3.05, 3.63) is 196 Å². The van der Waals surface area contributed by atoms with Crippen molar-refractivity contribution >= 4 is 38.9 Å². The van der Waals surface area contributed by atoms with Gasteiger partial charge in [0.05, 0.1) is 23.4 Å². The lowest BCUT2D eigenvalue weighted by Crippen LogP contribution is -2.28. The largest absolute Gasteiger partial charge is 0.457 e. The average molecular weight is 927 g/mol. The Kier molecular flexibility index (Phi) is 12.4. The lowest BCUT2D eigenvalue weighted by atomic mass is 9.78. The predicted molar refractivity (Wildman–Crippen MR) is 299 cm³/mol. The van der Waals surface area contributed by atoms with Crippen LogP contribution in [0.25, 0.3) is 33.3 Å². The first-order valence-electron chi connectivity index (χ1n) is 25.4. The van der Waals surface area contributed by atoms with Crippen molar-refractivity contribution in [1.29, 1.82) is 0 Å². The highest BCUT2D eigenvalue weighted by atomic mass is 16.5. The van der Waals surface area contributed by atoms with E-state index in [0.717, 1.165) is 39.4 Å². The summed E-state index contributed by atoms with van der Waals surface area (Å²) in [5, 5.41) is 2.34. The van der Waals surface area contributed by atoms with Gasteiger partial charge in [0.15, 0.2) is 0 Å². The molecule has 0 spiro atoms. The van der Waals surface area contributed by atoms with Gasteiger partial charge >= 0.3 is 0 Å². The first-order valence-corrected chi connectivity index (χ1v) is 25.4. The Hall–Kier alpha value is -6.59. The van der Waals surface area contributed by atoms with Gasteiger partial charge in [-0.2, -0.15) is 0 Å². The van der Waals surface area contributed by atoms with Crippen molar-refractivity contribution in [3.63, 3.8) is 0 Å². The number of pyridine rings is 1. The molecule has 2 aromatic heterocycles. The SMILES string of the molecule is CC(C)c1cccc(C(C)C)c1C1=CN(c2cc(C(C)(C)C)cc(C(C)(C)C)c2)CN1c1cc(Oc2ccc3c4ccccc4n(-c4cc(C(C)(C)c5ccccc5)ccn4)c3c2)cc(C(C)(C)C)c1. The fourth-order valence-electron chi connectivity index (χ4n) is 10.1. The zero-order valence-corrected chi connectivity index (χ0v) is 44.5. The number of hydrogen-bond acceptors (Lipinski definition) is 4. The number of anilines is 2. The summed E-state index contributed by atoms with van der Waals surface area (Å²) in [5.74, 6) is 3.12. The van der Waals surface area contributed by atoms with Crippen LogP contribution in [0.15, 0.2) is 152 Å². The molecule has 0 bridgehead atoms. The smallest absolute Gasteiger partial charge is 0.137 e. The van der Waals surface area contributed by atoms with Crippen LogP contribution in [-0.4, -0.2) is 16.2 Å². The normalized spacial score (nSPS) is 13.9. The molecule has 0 unspecified atom stereocenters. The molecule has 0 radical (unpaired) electrons. The summed E-state index contributed by atoms with van der Waals surface area (Å²) in [6.07, 6.45) is 4.37. The van der Waals surface area contributed by atoms with Crippen LogP contribution in [0.1, 0.15) is 160 Å². The van der Waals surface area contributed by atoms with Crippen LogP contribution in [0.4, 0.5) is 11.4 Å². The fourth-order valence-corrected chi connectivity index (χ4v) is 10.1. The number of hydrogen-bond donors (Lipinski definition) is 0. The van der Waals surface area contributed by atoms with Crippen LogP contribution in [0.5, 0.6) is 11.5 Å². The molecule has 0 saturated heterocycles. The minimum absolute atomic E-state index is 0.0124. The van der Waals surface area contributed by atoms with Gasteiger partial charge in [0.2, 0.25) is 0 Å². The summed E-state index contributed by atoms with van der Waals surface area (Å²) in [4.78, 5) is 10.0. The molecule has 70 heavy (non-hydrogen) atoms. The van der Waals surface area contributed by atoms with Crippen molar-refractivity contribution in [1.82, 2.24) is 9.55 Å². The van der Waals surface area contributed by atoms with Crippen molar-refractivity contribution in [2.24, 2.45) is 0 Å². The molecular formula is C65H74N4O. The molecular weight excluding hydrogens is 853 g/mol. The maximum Gasteiger partial charge on any atom is 0.137 e. The first kappa shape index (κ1) is 48.4. The van der Waals surface area contributed by atoms with E-state index < -0.39 is 0 Å². The van der Waals surface area contributed by atoms with Gasteiger partial charge < -0.3 is 14.5 Å². The maximum absolute atomic E-state index is 7.13. The zero-order chi connectivity index (χ0) is 50.1. The maximum atomic E-state index is 7.13. The van der Waals surface area contributed by atoms with Gasteiger partial charge in [0, 0.05) is 57.7 Å². The molecule has 360 valence electrons. The molecule has 8 aromatic rings. The van der Waals surface area contributed by atoms with Gasteiger partial charge in [-0.3, -0.25) is 4.57 Å². The highest BCUT2D eigenvalue weighted by molar-refractivity contribution is 6.09. The Morgan fingerprint density at radius 2 is 1.07 bits per heavy atom. The number of benzene rings is 6. The molecule has 0 amide bonds. The van der Waals surface area contributed by atoms with Crippen molar-refractivity contribution < 1.29 is 4.74 Å². The second kappa shape index (κ2) is 18.0. The highest BCUT2D eigenvalue weighted by Gasteiger charge is 2.32. The molecule has 6 aromatic carbocycles. The Morgan fingerprint density at radius 3 is 1.70 bits per heavy atom. The van der Waals surface area contributed by atoms with E-state index in [9.17, 15) is 0 Å². The third-order valence-electron chi connectivity index (χ3n) is 14.6. The third-order valence-corrected chi connectivity index (χ3v) is 14.6. The zero-order valence-electron chi connectivity index (χ0n) is 44.5. The Bertz CT molecular complexity index is 3200. The van der Waals surface area contributed by atoms with E-state index in [1.165, 1.54) is 61.3 Å². The summed E-state index contributed by atoms with van der Waals surface area (Å²) >= 11 is 0. The van der Waals surface area contributed by atoms with Crippen LogP contribution in [0.2, 0.25) is 0 Å². The van der Waals surface area contributed by atoms with Crippen LogP contribution in [-0.2, 0) is 21.7 Å². The van der Waals surface area contributed by atoms with E-state index in [1.54, 1.807) is 0 Å². The van der Waals surface area contributed by atoms with Crippen molar-refractivity contribution in [2.45, 2.75) is 137 Å². The van der Waals surface area contributed by atoms with E-state index in [-0.39, 0.29) is 21.7 Å². The summed E-state index contributed by atoms with van der Waals surface area (Å²) in [6.45, 7) is 35.3. The van der Waals surface area contributed by atoms with E-state index in [0.29, 0.717) is 18.5 Å². The molecule has 0 fully saturated rings. The average Bonchev–Trinajstić information content (AvgIpc) is 3.90. The second-order valence-electron chi connectivity index (χ2n) is 23.9. The summed E-state index contributed by atoms with van der Waals surface area (Å²) in [6, 6.07) is 51.3. The minimum atomic E-state index is -0.220. The molecule has 9 rings (SSSR count). The van der Waals surface area contributed by atoms with Crippen molar-refractivity contribution in [3.8, 4) is 17.3 Å². The van der Waals surface area contributed by atoms with Crippen LogP contribution < -0.4 is 14.5 Å². The lowest BCUT2D eigenvalue weighted by molar-refractivity contribution is 0.479.